The van der Waals surface area contributed by atoms with Gasteiger partial charge in [-0.05, 0) is 390 Å². The number of allylic oxidation sites excluding steroid dienone is 1. The normalized spacial score (nSPS) is 17.6. The predicted octanol–water partition coefficient (Wildman–Crippen LogP) is 33.9. The van der Waals surface area contributed by atoms with Crippen LogP contribution in [0.3, 0.4) is 0 Å². The smallest absolute Gasteiger partial charge is 0.312 e. The number of hydrogen-bond acceptors (Lipinski definition) is 15. The van der Waals surface area contributed by atoms with Crippen molar-refractivity contribution >= 4 is 29.8 Å². The van der Waals surface area contributed by atoms with Crippen LogP contribution in [-0.4, -0.2) is 72.2 Å². The second-order valence-corrected chi connectivity index (χ2v) is 42.7. The van der Waals surface area contributed by atoms with Crippen molar-refractivity contribution < 1.29 is 73.2 Å². The summed E-state index contributed by atoms with van der Waals surface area (Å²) in [4.78, 5) is 60.7. The van der Waals surface area contributed by atoms with E-state index in [1.54, 1.807) is 60.7 Å². The minimum Gasteiger partial charge on any atom is -0.508 e. The van der Waals surface area contributed by atoms with E-state index in [0.29, 0.717) is 58.3 Å². The van der Waals surface area contributed by atoms with Gasteiger partial charge in [0, 0.05) is 11.1 Å². The molecule has 0 aliphatic heterocycles. The molecular weight excluding hydrogens is 1740 g/mol. The third-order valence-electron chi connectivity index (χ3n) is 29.9. The maximum Gasteiger partial charge on any atom is 0.312 e. The van der Waals surface area contributed by atoms with Gasteiger partial charge in [-0.1, -0.05) is 263 Å². The lowest BCUT2D eigenvalue weighted by Gasteiger charge is -2.33. The molecule has 8 aromatic carbocycles. The molecule has 15 heteroatoms. The molecule has 3 fully saturated rings. The number of carbonyl (C=O) groups excluding carboxylic acids is 5. The molecule has 0 aromatic heterocycles. The highest BCUT2D eigenvalue weighted by atomic mass is 16.6. The van der Waals surface area contributed by atoms with Crippen LogP contribution in [0.5, 0.6) is 28.7 Å². The molecule has 5 N–H and O–H groups in total. The van der Waals surface area contributed by atoms with Crippen molar-refractivity contribution in [2.24, 2.45) is 27.1 Å². The Morgan fingerprint density at radius 3 is 0.900 bits per heavy atom. The molecule has 0 bridgehead atoms. The molecule has 15 nitrogen and oxygen atoms in total. The van der Waals surface area contributed by atoms with Crippen LogP contribution in [0.1, 0.15) is 416 Å². The Bertz CT molecular complexity index is 4680. The Labute approximate surface area is 845 Å². The van der Waals surface area contributed by atoms with E-state index in [1.807, 2.05) is 240 Å². The highest BCUT2D eigenvalue weighted by Crippen LogP contribution is 2.51. The minimum atomic E-state index is -0.712. The van der Waals surface area contributed by atoms with Crippen LogP contribution >= 0.6 is 0 Å². The molecule has 5 aliphatic carbocycles. The number of fused-ring (bicyclic) bond motifs is 3. The molecule has 3 saturated carbocycles. The average molecular weight is 1920 g/mol. The summed E-state index contributed by atoms with van der Waals surface area (Å²) >= 11 is 0. The molecule has 140 heavy (non-hydrogen) atoms. The van der Waals surface area contributed by atoms with Crippen molar-refractivity contribution in [3.05, 3.63) is 282 Å². The van der Waals surface area contributed by atoms with Crippen LogP contribution in [0.25, 0.3) is 11.1 Å². The van der Waals surface area contributed by atoms with Crippen molar-refractivity contribution in [1.29, 1.82) is 0 Å². The van der Waals surface area contributed by atoms with Gasteiger partial charge in [-0.3, -0.25) is 24.0 Å². The number of esters is 5. The molecule has 0 amide bonds. The Morgan fingerprint density at radius 1 is 0.343 bits per heavy atom. The third kappa shape index (κ3) is 37.0. The summed E-state index contributed by atoms with van der Waals surface area (Å²) in [7, 11) is 0. The van der Waals surface area contributed by atoms with Gasteiger partial charge in [0.1, 0.15) is 51.2 Å². The van der Waals surface area contributed by atoms with Gasteiger partial charge in [0.2, 0.25) is 0 Å². The maximum absolute atomic E-state index is 12.7. The summed E-state index contributed by atoms with van der Waals surface area (Å²) in [6.45, 7) is 64.9. The van der Waals surface area contributed by atoms with E-state index in [1.165, 1.54) is 27.8 Å². The molecule has 8 aromatic rings. The number of phenols is 5. The van der Waals surface area contributed by atoms with Crippen LogP contribution in [0.15, 0.2) is 237 Å². The first-order valence-corrected chi connectivity index (χ1v) is 52.1. The standard InChI is InChI=1S/C20H22O2.C17H24O2.2C13H22O2.C12H20O2.5C10H14O/c1-5-19(2,3)18(21)22-20(4)16-12-8-6-10-14(16)15-11-7-9-13-17(15)20;1-4-16(2,3)15(18)19-17(12-8-9-13-17)14-10-6-5-7-11-14;1-6-12(3,4)11(14)15-13(5)9-7-8-10(13)2;1-5-12(3,4)11(14)15-13(6-2)9-7-8-10-13;1-5-11(2,3)10(13)14-12(4)8-6-7-9-12;5*1-3-8(2)9-4-6-10(11)7-5-9/h6-13H,5H2,1-4H3;5-7,10-11H,4,8-9,12-13H2,1-3H3;2,6-9H2,1,3-5H3;6H,2,5,7-10H2,1,3-4H3;6,8H,5,7,9H2,1-4H3;5*4-8,11H,3H2,1-2H3. The molecule has 13 rings (SSSR count). The predicted molar refractivity (Wildman–Crippen MR) is 579 cm³/mol. The first-order chi connectivity index (χ1) is 65.7. The number of hydrogen-bond donors (Lipinski definition) is 5. The molecule has 0 heterocycles. The molecule has 0 spiro atoms. The Balaban J connectivity index is 0.000000328. The first-order valence-electron chi connectivity index (χ1n) is 52.1. The van der Waals surface area contributed by atoms with Crippen LogP contribution in [0.4, 0.5) is 0 Å². The quantitative estimate of drug-likeness (QED) is 0.0183. The average Bonchev–Trinajstić information content (AvgIpc) is 1.57. The molecule has 0 saturated heterocycles. The van der Waals surface area contributed by atoms with Gasteiger partial charge < -0.3 is 49.2 Å². The zero-order valence-corrected chi connectivity index (χ0v) is 91.2. The summed E-state index contributed by atoms with van der Waals surface area (Å²) in [5, 5.41) is 45.1. The SMILES string of the molecule is C=C1CCCC1(C)OC(=O)C(C)(C)CC.C=CC1(OC(=O)C(C)(C)CC)CCCC1.CCC(C)(C)C(=O)OC1(C)C=CCC1.CCC(C)(C)C(=O)OC1(C)c2ccccc2-c2ccccc21.CCC(C)(C)C(=O)OC1(c2ccccc2)CCCC1.CCC(C)c1ccc(O)cc1.CCC(C)c1ccc(O)cc1.CCC(C)c1ccc(O)cc1.CCC(C)c1ccc(O)cc1.CCC(C)c1ccc(O)cc1. The van der Waals surface area contributed by atoms with Crippen LogP contribution in [0.2, 0.25) is 0 Å². The molecule has 7 atom stereocenters. The Morgan fingerprint density at radius 2 is 0.621 bits per heavy atom. The number of aromatic hydroxyl groups is 5. The van der Waals surface area contributed by atoms with Gasteiger partial charge in [0.05, 0.1) is 27.1 Å². The second kappa shape index (κ2) is 56.8. The number of phenolic OH excluding ortho intramolecular Hbond substituents is 5. The molecule has 0 radical (unpaired) electrons. The van der Waals surface area contributed by atoms with Gasteiger partial charge in [0.15, 0.2) is 5.60 Å². The Kier molecular flexibility index (Phi) is 49.4. The van der Waals surface area contributed by atoms with Crippen molar-refractivity contribution in [2.45, 2.75) is 399 Å². The van der Waals surface area contributed by atoms with E-state index >= 15 is 0 Å². The van der Waals surface area contributed by atoms with Crippen LogP contribution < -0.4 is 0 Å². The lowest BCUT2D eigenvalue weighted by Crippen LogP contribution is -2.36. The third-order valence-corrected chi connectivity index (χ3v) is 29.9. The summed E-state index contributed by atoms with van der Waals surface area (Å²) in [6, 6.07) is 63.7. The van der Waals surface area contributed by atoms with E-state index in [-0.39, 0.29) is 62.9 Å². The molecule has 770 valence electrons. The summed E-state index contributed by atoms with van der Waals surface area (Å²) in [5.74, 6) is 4.19. The number of rotatable bonds is 27. The number of ether oxygens (including phenoxy) is 5. The lowest BCUT2D eigenvalue weighted by molar-refractivity contribution is -0.172. The van der Waals surface area contributed by atoms with Gasteiger partial charge in [-0.15, -0.1) is 0 Å². The zero-order chi connectivity index (χ0) is 105. The fourth-order valence-electron chi connectivity index (χ4n) is 15.6. The lowest BCUT2D eigenvalue weighted by atomic mass is 9.88. The number of carbonyl (C=O) groups is 5. The fourth-order valence-corrected chi connectivity index (χ4v) is 15.6. The highest BCUT2D eigenvalue weighted by molar-refractivity contribution is 5.84. The van der Waals surface area contributed by atoms with Gasteiger partial charge >= 0.3 is 29.8 Å². The van der Waals surface area contributed by atoms with Crippen molar-refractivity contribution in [3.63, 3.8) is 0 Å². The Hall–Kier alpha value is -10.7. The zero-order valence-electron chi connectivity index (χ0n) is 91.2. The summed E-state index contributed by atoms with van der Waals surface area (Å²) < 4.78 is 28.9. The minimum absolute atomic E-state index is 0.0687. The van der Waals surface area contributed by atoms with Gasteiger partial charge in [-0.2, -0.15) is 0 Å². The van der Waals surface area contributed by atoms with Gasteiger partial charge in [-0.25, -0.2) is 0 Å². The van der Waals surface area contributed by atoms with E-state index < -0.39 is 22.0 Å². The largest absolute Gasteiger partial charge is 0.508 e. The van der Waals surface area contributed by atoms with Crippen molar-refractivity contribution in [3.8, 4) is 39.9 Å². The number of benzene rings is 8. The summed E-state index contributed by atoms with van der Waals surface area (Å²) in [6.07, 6.45) is 28.8. The van der Waals surface area contributed by atoms with E-state index in [4.69, 9.17) is 49.2 Å². The molecular formula is C125H180O15. The van der Waals surface area contributed by atoms with Crippen LogP contribution in [0, 0.1) is 27.1 Å². The molecule has 7 unspecified atom stereocenters. The maximum atomic E-state index is 12.7. The van der Waals surface area contributed by atoms with E-state index in [2.05, 4.69) is 125 Å². The van der Waals surface area contributed by atoms with Gasteiger partial charge in [0.25, 0.3) is 0 Å². The van der Waals surface area contributed by atoms with E-state index in [0.717, 1.165) is 181 Å². The highest BCUT2D eigenvalue weighted by Gasteiger charge is 2.47. The first kappa shape index (κ1) is 122. The van der Waals surface area contributed by atoms with Crippen molar-refractivity contribution in [1.82, 2.24) is 0 Å². The van der Waals surface area contributed by atoms with Crippen LogP contribution in [-0.2, 0) is 58.9 Å². The molecule has 5 aliphatic rings. The van der Waals surface area contributed by atoms with E-state index in [9.17, 15) is 24.0 Å². The topological polar surface area (TPSA) is 233 Å². The van der Waals surface area contributed by atoms with Crippen molar-refractivity contribution in [2.75, 3.05) is 0 Å². The monoisotopic (exact) mass is 1920 g/mol. The fraction of sp³-hybridized carbons (Fsp3) is 0.528. The summed E-state index contributed by atoms with van der Waals surface area (Å²) in [5.41, 5.74) is 8.90. The second-order valence-electron chi connectivity index (χ2n) is 42.7.